The minimum absolute atomic E-state index is 0.859. The van der Waals surface area contributed by atoms with E-state index in [0.717, 1.165) is 5.92 Å². The van der Waals surface area contributed by atoms with Crippen molar-refractivity contribution in [1.29, 1.82) is 0 Å². The lowest BCUT2D eigenvalue weighted by molar-refractivity contribution is 0.580. The van der Waals surface area contributed by atoms with Gasteiger partial charge in [0.15, 0.2) is 0 Å². The van der Waals surface area contributed by atoms with Crippen LogP contribution in [0.2, 0.25) is 0 Å². The van der Waals surface area contributed by atoms with Gasteiger partial charge in [-0.3, -0.25) is 0 Å². The van der Waals surface area contributed by atoms with Crippen LogP contribution in [0.15, 0.2) is 24.3 Å². The third-order valence-corrected chi connectivity index (χ3v) is 3.25. The molecular weight excluding hydrogens is 273 g/mol. The van der Waals surface area contributed by atoms with E-state index in [0.29, 0.717) is 0 Å². The molecule has 1 nitrogen and oxygen atoms in total. The minimum atomic E-state index is 0.859. The Balaban J connectivity index is 2.00. The van der Waals surface area contributed by atoms with E-state index < -0.39 is 0 Å². The molecule has 0 aromatic heterocycles. The molecule has 0 unspecified atom stereocenters. The summed E-state index contributed by atoms with van der Waals surface area (Å²) in [6.07, 6.45) is 2.58. The Kier molecular flexibility index (Phi) is 3.22. The van der Waals surface area contributed by atoms with E-state index in [-0.39, 0.29) is 0 Å². The Hall–Kier alpha value is -0.0900. The van der Waals surface area contributed by atoms with Crippen LogP contribution in [-0.2, 0) is 6.42 Å². The highest BCUT2D eigenvalue weighted by atomic mass is 127. The largest absolute Gasteiger partial charge is 0.316 e. The van der Waals surface area contributed by atoms with E-state index in [1.54, 1.807) is 0 Å². The van der Waals surface area contributed by atoms with Gasteiger partial charge in [-0.15, -0.1) is 0 Å². The number of hydrogen-bond donors (Lipinski definition) is 1. The normalized spacial score (nSPS) is 22.1. The van der Waals surface area contributed by atoms with Crippen molar-refractivity contribution in [2.75, 3.05) is 13.1 Å². The monoisotopic (exact) mass is 287 g/mol. The summed E-state index contributed by atoms with van der Waals surface area (Å²) in [6.45, 7) is 2.40. The first-order valence-corrected chi connectivity index (χ1v) is 5.87. The number of hydrogen-bond acceptors (Lipinski definition) is 1. The number of halogens is 1. The average Bonchev–Trinajstić information content (AvgIpc) is 2.57. The van der Waals surface area contributed by atoms with Crippen LogP contribution in [-0.4, -0.2) is 13.1 Å². The summed E-state index contributed by atoms with van der Waals surface area (Å²) >= 11 is 2.38. The summed E-state index contributed by atoms with van der Waals surface area (Å²) in [4.78, 5) is 0. The fraction of sp³-hybridized carbons (Fsp3) is 0.455. The van der Waals surface area contributed by atoms with Crippen molar-refractivity contribution in [2.45, 2.75) is 12.8 Å². The van der Waals surface area contributed by atoms with E-state index >= 15 is 0 Å². The molecular formula is C11H14IN. The van der Waals surface area contributed by atoms with Crippen molar-refractivity contribution in [1.82, 2.24) is 5.32 Å². The smallest absolute Gasteiger partial charge is 0.0133 e. The molecule has 0 spiro atoms. The molecule has 1 heterocycles. The van der Waals surface area contributed by atoms with Crippen LogP contribution in [0.1, 0.15) is 12.0 Å². The van der Waals surface area contributed by atoms with E-state index in [4.69, 9.17) is 0 Å². The molecule has 1 atom stereocenters. The topological polar surface area (TPSA) is 12.0 Å². The van der Waals surface area contributed by atoms with Crippen molar-refractivity contribution < 1.29 is 0 Å². The molecule has 0 radical (unpaired) electrons. The number of benzene rings is 1. The summed E-state index contributed by atoms with van der Waals surface area (Å²) in [5.74, 6) is 0.859. The lowest BCUT2D eigenvalue weighted by Gasteiger charge is -2.07. The number of rotatable bonds is 2. The molecule has 0 saturated carbocycles. The van der Waals surface area contributed by atoms with Gasteiger partial charge in [-0.1, -0.05) is 12.1 Å². The lowest BCUT2D eigenvalue weighted by atomic mass is 9.99. The summed E-state index contributed by atoms with van der Waals surface area (Å²) in [5.41, 5.74) is 1.49. The SMILES string of the molecule is Ic1cccc(C[C@H]2CCNC2)c1. The molecule has 2 rings (SSSR count). The van der Waals surface area contributed by atoms with Crippen molar-refractivity contribution in [3.8, 4) is 0 Å². The van der Waals surface area contributed by atoms with Gasteiger partial charge in [0, 0.05) is 3.57 Å². The van der Waals surface area contributed by atoms with Gasteiger partial charge < -0.3 is 5.32 Å². The molecule has 0 bridgehead atoms. The maximum absolute atomic E-state index is 3.41. The van der Waals surface area contributed by atoms with Crippen LogP contribution in [0.5, 0.6) is 0 Å². The Morgan fingerprint density at radius 1 is 1.46 bits per heavy atom. The van der Waals surface area contributed by atoms with E-state index in [1.165, 1.54) is 35.1 Å². The standard InChI is InChI=1S/C11H14IN/c12-11-3-1-2-9(7-11)6-10-4-5-13-8-10/h1-3,7,10,13H,4-6,8H2/t10-/m1/s1. The first kappa shape index (κ1) is 9.46. The van der Waals surface area contributed by atoms with Crippen molar-refractivity contribution in [3.63, 3.8) is 0 Å². The van der Waals surface area contributed by atoms with Crippen LogP contribution in [0, 0.1) is 9.49 Å². The van der Waals surface area contributed by atoms with Gasteiger partial charge in [-0.25, -0.2) is 0 Å². The predicted molar refractivity (Wildman–Crippen MR) is 63.8 cm³/mol. The minimum Gasteiger partial charge on any atom is -0.316 e. The van der Waals surface area contributed by atoms with Gasteiger partial charge in [-0.2, -0.15) is 0 Å². The van der Waals surface area contributed by atoms with E-state index in [9.17, 15) is 0 Å². The first-order chi connectivity index (χ1) is 6.34. The molecule has 1 aromatic rings. The van der Waals surface area contributed by atoms with Gasteiger partial charge in [-0.05, 0) is 72.1 Å². The predicted octanol–water partition coefficient (Wildman–Crippen LogP) is 2.44. The highest BCUT2D eigenvalue weighted by molar-refractivity contribution is 14.1. The molecule has 1 aromatic carbocycles. The first-order valence-electron chi connectivity index (χ1n) is 4.80. The number of nitrogens with one attached hydrogen (secondary N) is 1. The molecule has 1 saturated heterocycles. The maximum Gasteiger partial charge on any atom is 0.0133 e. The molecule has 1 aliphatic rings. The van der Waals surface area contributed by atoms with Gasteiger partial charge in [0.1, 0.15) is 0 Å². The lowest BCUT2D eigenvalue weighted by Crippen LogP contribution is -2.10. The van der Waals surface area contributed by atoms with Crippen LogP contribution in [0.25, 0.3) is 0 Å². The summed E-state index contributed by atoms with van der Waals surface area (Å²) in [7, 11) is 0. The van der Waals surface area contributed by atoms with Gasteiger partial charge in [0.05, 0.1) is 0 Å². The molecule has 1 N–H and O–H groups in total. The van der Waals surface area contributed by atoms with Gasteiger partial charge in [0.25, 0.3) is 0 Å². The molecule has 0 aliphatic carbocycles. The fourth-order valence-corrected chi connectivity index (χ4v) is 2.49. The second-order valence-corrected chi connectivity index (χ2v) is 4.94. The second kappa shape index (κ2) is 4.42. The van der Waals surface area contributed by atoms with E-state index in [2.05, 4.69) is 52.2 Å². The van der Waals surface area contributed by atoms with Crippen LogP contribution in [0.3, 0.4) is 0 Å². The second-order valence-electron chi connectivity index (χ2n) is 3.69. The van der Waals surface area contributed by atoms with Gasteiger partial charge in [0.2, 0.25) is 0 Å². The third-order valence-electron chi connectivity index (χ3n) is 2.58. The molecule has 1 aliphatic heterocycles. The summed E-state index contributed by atoms with van der Waals surface area (Å²) < 4.78 is 1.35. The summed E-state index contributed by atoms with van der Waals surface area (Å²) in [6, 6.07) is 8.83. The molecule has 0 amide bonds. The Morgan fingerprint density at radius 2 is 2.38 bits per heavy atom. The van der Waals surface area contributed by atoms with Gasteiger partial charge >= 0.3 is 0 Å². The van der Waals surface area contributed by atoms with Crippen molar-refractivity contribution in [2.24, 2.45) is 5.92 Å². The zero-order chi connectivity index (χ0) is 9.10. The van der Waals surface area contributed by atoms with Crippen LogP contribution in [0.4, 0.5) is 0 Å². The molecule has 70 valence electrons. The average molecular weight is 287 g/mol. The highest BCUT2D eigenvalue weighted by Crippen LogP contribution is 2.16. The zero-order valence-electron chi connectivity index (χ0n) is 7.59. The van der Waals surface area contributed by atoms with Crippen LogP contribution >= 0.6 is 22.6 Å². The van der Waals surface area contributed by atoms with Crippen LogP contribution < -0.4 is 5.32 Å². The quantitative estimate of drug-likeness (QED) is 0.824. The maximum atomic E-state index is 3.41. The highest BCUT2D eigenvalue weighted by Gasteiger charge is 2.14. The fourth-order valence-electron chi connectivity index (χ4n) is 1.89. The van der Waals surface area contributed by atoms with Crippen molar-refractivity contribution in [3.05, 3.63) is 33.4 Å². The van der Waals surface area contributed by atoms with Crippen molar-refractivity contribution >= 4 is 22.6 Å². The van der Waals surface area contributed by atoms with E-state index in [1.807, 2.05) is 0 Å². The Labute approximate surface area is 93.1 Å². The summed E-state index contributed by atoms with van der Waals surface area (Å²) in [5, 5.41) is 3.41. The molecule has 1 fully saturated rings. The molecule has 2 heteroatoms. The Morgan fingerprint density at radius 3 is 3.08 bits per heavy atom. The molecule has 13 heavy (non-hydrogen) atoms. The third kappa shape index (κ3) is 2.68. The zero-order valence-corrected chi connectivity index (χ0v) is 9.75. The Bertz CT molecular complexity index is 279.